The maximum atomic E-state index is 11.9. The third kappa shape index (κ3) is 8.41. The number of carbonyl (C=O) groups is 1. The number of hydrogen-bond acceptors (Lipinski definition) is 3. The highest BCUT2D eigenvalue weighted by atomic mass is 28.4. The second-order valence-electron chi connectivity index (χ2n) is 7.19. The molecule has 0 spiro atoms. The van der Waals surface area contributed by atoms with Gasteiger partial charge in [-0.15, -0.1) is 0 Å². The number of carbonyl (C=O) groups excluding carboxylic acids is 1. The molecule has 0 unspecified atom stereocenters. The summed E-state index contributed by atoms with van der Waals surface area (Å²) < 4.78 is 6.10. The maximum absolute atomic E-state index is 11.9. The zero-order valence-corrected chi connectivity index (χ0v) is 16.1. The lowest BCUT2D eigenvalue weighted by atomic mass is 10.2. The summed E-state index contributed by atoms with van der Waals surface area (Å²) in [6.45, 7) is 13.1. The molecule has 1 amide bonds. The van der Waals surface area contributed by atoms with Gasteiger partial charge in [0.15, 0.2) is 8.32 Å². The van der Waals surface area contributed by atoms with E-state index < -0.39 is 8.32 Å². The third-order valence-corrected chi connectivity index (χ3v) is 8.83. The van der Waals surface area contributed by atoms with Gasteiger partial charge in [0.25, 0.3) is 0 Å². The van der Waals surface area contributed by atoms with Crippen LogP contribution in [0, 0.1) is 0 Å². The lowest BCUT2D eigenvalue weighted by Gasteiger charge is -2.36. The Labute approximate surface area is 136 Å². The third-order valence-electron chi connectivity index (χ3n) is 4.29. The molecule has 0 saturated carbocycles. The molecule has 0 atom stereocenters. The Morgan fingerprint density at radius 3 is 2.45 bits per heavy atom. The molecule has 6 nitrogen and oxygen atoms in total. The quantitative estimate of drug-likeness (QED) is 0.197. The summed E-state index contributed by atoms with van der Waals surface area (Å²) in [4.78, 5) is 16.4. The zero-order valence-electron chi connectivity index (χ0n) is 15.1. The Morgan fingerprint density at radius 2 is 1.91 bits per heavy atom. The van der Waals surface area contributed by atoms with Crippen molar-refractivity contribution in [3.05, 3.63) is 10.4 Å². The smallest absolute Gasteiger partial charge is 0.222 e. The Kier molecular flexibility index (Phi) is 9.40. The zero-order chi connectivity index (χ0) is 17.2. The lowest BCUT2D eigenvalue weighted by molar-refractivity contribution is -0.130. The molecular formula is C15H32N4O2Si. The van der Waals surface area contributed by atoms with E-state index in [0.29, 0.717) is 19.6 Å². The van der Waals surface area contributed by atoms with Crippen LogP contribution in [0.3, 0.4) is 0 Å². The van der Waals surface area contributed by atoms with E-state index in [4.69, 9.17) is 9.96 Å². The Balaban J connectivity index is 3.87. The molecular weight excluding hydrogens is 296 g/mol. The minimum absolute atomic E-state index is 0.147. The van der Waals surface area contributed by atoms with E-state index in [2.05, 4.69) is 43.9 Å². The van der Waals surface area contributed by atoms with E-state index in [1.165, 1.54) is 0 Å². The fourth-order valence-electron chi connectivity index (χ4n) is 1.66. The van der Waals surface area contributed by atoms with Crippen molar-refractivity contribution in [1.82, 2.24) is 4.90 Å². The van der Waals surface area contributed by atoms with Crippen LogP contribution in [-0.4, -0.2) is 45.9 Å². The summed E-state index contributed by atoms with van der Waals surface area (Å²) in [5.41, 5.74) is 8.17. The van der Waals surface area contributed by atoms with E-state index >= 15 is 0 Å². The predicted molar refractivity (Wildman–Crippen MR) is 93.3 cm³/mol. The van der Waals surface area contributed by atoms with Gasteiger partial charge in [0.1, 0.15) is 0 Å². The second-order valence-corrected chi connectivity index (χ2v) is 12.0. The largest absolute Gasteiger partial charge is 0.417 e. The van der Waals surface area contributed by atoms with Gasteiger partial charge in [0, 0.05) is 38.1 Å². The molecule has 0 aliphatic carbocycles. The van der Waals surface area contributed by atoms with Gasteiger partial charge in [0.05, 0.1) is 0 Å². The summed E-state index contributed by atoms with van der Waals surface area (Å²) in [6.07, 6.45) is 2.91. The molecule has 0 saturated heterocycles. The average molecular weight is 329 g/mol. The highest BCUT2D eigenvalue weighted by Gasteiger charge is 2.36. The van der Waals surface area contributed by atoms with Gasteiger partial charge < -0.3 is 9.33 Å². The Bertz CT molecular complexity index is 387. The molecule has 0 aromatic heterocycles. The first kappa shape index (κ1) is 21.0. The normalized spacial score (nSPS) is 11.9. The minimum atomic E-state index is -1.68. The molecule has 0 aliphatic heterocycles. The SMILES string of the molecule is CN(CCCO[Si](C)(C)C(C)(C)C)C(=O)CCCCN=[N+]=[N-]. The van der Waals surface area contributed by atoms with Gasteiger partial charge in [-0.25, -0.2) is 0 Å². The first-order valence-corrected chi connectivity index (χ1v) is 10.9. The van der Waals surface area contributed by atoms with Crippen molar-refractivity contribution in [2.24, 2.45) is 5.11 Å². The molecule has 0 N–H and O–H groups in total. The standard InChI is InChI=1S/C15H32N4O2Si/c1-15(2,3)22(5,6)21-13-9-12-19(4)14(20)10-7-8-11-17-18-16/h7-13H2,1-6H3. The fourth-order valence-corrected chi connectivity index (χ4v) is 2.75. The molecule has 0 radical (unpaired) electrons. The molecule has 7 heteroatoms. The van der Waals surface area contributed by atoms with E-state index in [9.17, 15) is 4.79 Å². The number of amides is 1. The van der Waals surface area contributed by atoms with Crippen molar-refractivity contribution in [1.29, 1.82) is 0 Å². The van der Waals surface area contributed by atoms with Crippen molar-refractivity contribution >= 4 is 14.2 Å². The van der Waals surface area contributed by atoms with Gasteiger partial charge in [-0.1, -0.05) is 25.9 Å². The molecule has 0 aliphatic rings. The summed E-state index contributed by atoms with van der Waals surface area (Å²) in [5, 5.41) is 3.68. The van der Waals surface area contributed by atoms with Crippen molar-refractivity contribution in [3.8, 4) is 0 Å². The van der Waals surface area contributed by atoms with E-state index in [1.807, 2.05) is 7.05 Å². The molecule has 0 bridgehead atoms. The van der Waals surface area contributed by atoms with Crippen molar-refractivity contribution in [2.45, 2.75) is 64.6 Å². The van der Waals surface area contributed by atoms with Crippen LogP contribution in [0.15, 0.2) is 5.11 Å². The lowest BCUT2D eigenvalue weighted by Crippen LogP contribution is -2.41. The molecule has 0 fully saturated rings. The fraction of sp³-hybridized carbons (Fsp3) is 0.933. The minimum Gasteiger partial charge on any atom is -0.417 e. The van der Waals surface area contributed by atoms with Crippen LogP contribution >= 0.6 is 0 Å². The van der Waals surface area contributed by atoms with Crippen LogP contribution < -0.4 is 0 Å². The number of nitrogens with zero attached hydrogens (tertiary/aromatic N) is 4. The van der Waals surface area contributed by atoms with E-state index in [0.717, 1.165) is 25.8 Å². The van der Waals surface area contributed by atoms with Gasteiger partial charge >= 0.3 is 0 Å². The van der Waals surface area contributed by atoms with Crippen LogP contribution in [0.25, 0.3) is 10.4 Å². The summed E-state index contributed by atoms with van der Waals surface area (Å²) >= 11 is 0. The first-order valence-electron chi connectivity index (χ1n) is 8.00. The van der Waals surface area contributed by atoms with Crippen molar-refractivity contribution in [2.75, 3.05) is 26.7 Å². The molecule has 128 valence electrons. The van der Waals surface area contributed by atoms with E-state index in [1.54, 1.807) is 4.90 Å². The number of rotatable bonds is 10. The van der Waals surface area contributed by atoms with Gasteiger partial charge in [-0.2, -0.15) is 0 Å². The van der Waals surface area contributed by atoms with Gasteiger partial charge in [0.2, 0.25) is 5.91 Å². The Morgan fingerprint density at radius 1 is 1.27 bits per heavy atom. The average Bonchev–Trinajstić information content (AvgIpc) is 2.41. The molecule has 0 aromatic carbocycles. The molecule has 0 rings (SSSR count). The molecule has 22 heavy (non-hydrogen) atoms. The summed E-state index contributed by atoms with van der Waals surface area (Å²) in [5.74, 6) is 0.147. The van der Waals surface area contributed by atoms with Crippen LogP contribution in [0.5, 0.6) is 0 Å². The van der Waals surface area contributed by atoms with Crippen LogP contribution in [0.4, 0.5) is 0 Å². The van der Waals surface area contributed by atoms with E-state index in [-0.39, 0.29) is 10.9 Å². The van der Waals surface area contributed by atoms with Crippen LogP contribution in [0.2, 0.25) is 18.1 Å². The van der Waals surface area contributed by atoms with Crippen LogP contribution in [-0.2, 0) is 9.22 Å². The van der Waals surface area contributed by atoms with Gasteiger partial charge in [-0.05, 0) is 42.9 Å². The monoisotopic (exact) mass is 328 g/mol. The second kappa shape index (κ2) is 9.87. The highest BCUT2D eigenvalue weighted by Crippen LogP contribution is 2.36. The maximum Gasteiger partial charge on any atom is 0.222 e. The van der Waals surface area contributed by atoms with Crippen molar-refractivity contribution in [3.63, 3.8) is 0 Å². The number of azide groups is 1. The topological polar surface area (TPSA) is 78.3 Å². The molecule has 0 aromatic rings. The Hall–Kier alpha value is -1.04. The van der Waals surface area contributed by atoms with Crippen LogP contribution in [0.1, 0.15) is 46.5 Å². The number of unbranched alkanes of at least 4 members (excludes halogenated alkanes) is 1. The molecule has 0 heterocycles. The van der Waals surface area contributed by atoms with Crippen molar-refractivity contribution < 1.29 is 9.22 Å². The first-order chi connectivity index (χ1) is 10.1. The summed E-state index contributed by atoms with van der Waals surface area (Å²) in [6, 6.07) is 0. The predicted octanol–water partition coefficient (Wildman–Crippen LogP) is 4.34. The number of hydrogen-bond donors (Lipinski definition) is 0. The summed E-state index contributed by atoms with van der Waals surface area (Å²) in [7, 11) is 0.154. The highest BCUT2D eigenvalue weighted by molar-refractivity contribution is 6.74. The van der Waals surface area contributed by atoms with Gasteiger partial charge in [-0.3, -0.25) is 4.79 Å².